The van der Waals surface area contributed by atoms with E-state index in [4.69, 9.17) is 28.9 Å². The van der Waals surface area contributed by atoms with Crippen LogP contribution in [-0.2, 0) is 5.54 Å². The van der Waals surface area contributed by atoms with E-state index in [0.29, 0.717) is 23.1 Å². The number of halogens is 3. The fraction of sp³-hybridized carbons (Fsp3) is 0.364. The van der Waals surface area contributed by atoms with Crippen LogP contribution in [-0.4, -0.2) is 24.5 Å². The van der Waals surface area contributed by atoms with Crippen molar-refractivity contribution in [3.63, 3.8) is 0 Å². The van der Waals surface area contributed by atoms with Crippen molar-refractivity contribution in [2.75, 3.05) is 13.6 Å². The van der Waals surface area contributed by atoms with Gasteiger partial charge >= 0.3 is 0 Å². The molecule has 0 radical (unpaired) electrons. The lowest BCUT2D eigenvalue weighted by Crippen LogP contribution is -2.44. The van der Waals surface area contributed by atoms with Gasteiger partial charge < -0.3 is 10.6 Å². The van der Waals surface area contributed by atoms with Gasteiger partial charge in [-0.1, -0.05) is 23.2 Å². The van der Waals surface area contributed by atoms with Gasteiger partial charge in [-0.2, -0.15) is 0 Å². The first-order chi connectivity index (χ1) is 7.86. The summed E-state index contributed by atoms with van der Waals surface area (Å²) in [4.78, 5) is 5.93. The minimum Gasteiger partial charge on any atom is -0.370 e. The first-order valence-corrected chi connectivity index (χ1v) is 5.80. The fourth-order valence-electron chi connectivity index (χ4n) is 1.90. The molecular formula is C11H12Cl2FN3. The molecule has 0 fully saturated rings. The first kappa shape index (κ1) is 12.5. The third-order valence-corrected chi connectivity index (χ3v) is 3.83. The van der Waals surface area contributed by atoms with Crippen LogP contribution in [0.5, 0.6) is 0 Å². The second-order valence-corrected chi connectivity index (χ2v) is 5.07. The summed E-state index contributed by atoms with van der Waals surface area (Å²) in [6.07, 6.45) is 0. The third kappa shape index (κ3) is 1.85. The highest BCUT2D eigenvalue weighted by molar-refractivity contribution is 6.35. The molecule has 0 aliphatic carbocycles. The lowest BCUT2D eigenvalue weighted by atomic mass is 9.91. The Morgan fingerprint density at radius 3 is 2.59 bits per heavy atom. The zero-order valence-electron chi connectivity index (χ0n) is 9.47. The van der Waals surface area contributed by atoms with Crippen LogP contribution in [0.4, 0.5) is 4.39 Å². The molecule has 0 amide bonds. The molecule has 0 spiro atoms. The molecule has 1 aromatic rings. The van der Waals surface area contributed by atoms with Crippen LogP contribution in [0.3, 0.4) is 0 Å². The standard InChI is InChI=1S/C11H12Cl2FN3/c1-11(5-16-10(15)17(11)2)6-3-9(14)8(13)4-7(6)12/h3-4H,5H2,1-2H3,(H2,15,16). The number of guanidine groups is 1. The highest BCUT2D eigenvalue weighted by atomic mass is 35.5. The molecule has 3 nitrogen and oxygen atoms in total. The highest BCUT2D eigenvalue weighted by Crippen LogP contribution is 2.37. The van der Waals surface area contributed by atoms with E-state index < -0.39 is 11.4 Å². The third-order valence-electron chi connectivity index (χ3n) is 3.22. The van der Waals surface area contributed by atoms with Crippen LogP contribution >= 0.6 is 23.2 Å². The zero-order chi connectivity index (χ0) is 12.8. The summed E-state index contributed by atoms with van der Waals surface area (Å²) in [5, 5.41) is 0.424. The summed E-state index contributed by atoms with van der Waals surface area (Å²) in [5.74, 6) is -0.0786. The van der Waals surface area contributed by atoms with E-state index in [2.05, 4.69) is 4.99 Å². The minimum atomic E-state index is -0.535. The largest absolute Gasteiger partial charge is 0.370 e. The summed E-state index contributed by atoms with van der Waals surface area (Å²) in [6.45, 7) is 2.35. The second kappa shape index (κ2) is 4.03. The average molecular weight is 276 g/mol. The topological polar surface area (TPSA) is 41.6 Å². The molecule has 2 rings (SSSR count). The molecule has 1 aromatic carbocycles. The van der Waals surface area contributed by atoms with E-state index in [1.165, 1.54) is 12.1 Å². The number of nitrogens with zero attached hydrogens (tertiary/aromatic N) is 2. The normalized spacial score (nSPS) is 24.1. The number of likely N-dealkylation sites (N-methyl/N-ethyl adjacent to an activating group) is 1. The van der Waals surface area contributed by atoms with E-state index in [1.54, 1.807) is 11.9 Å². The number of aliphatic imine (C=N–C) groups is 1. The maximum atomic E-state index is 13.5. The van der Waals surface area contributed by atoms with Gasteiger partial charge in [-0.05, 0) is 19.1 Å². The van der Waals surface area contributed by atoms with Crippen LogP contribution in [0.15, 0.2) is 17.1 Å². The molecule has 6 heteroatoms. The van der Waals surface area contributed by atoms with Crippen LogP contribution < -0.4 is 5.73 Å². The van der Waals surface area contributed by atoms with Gasteiger partial charge in [0.15, 0.2) is 5.96 Å². The second-order valence-electron chi connectivity index (χ2n) is 4.25. The quantitative estimate of drug-likeness (QED) is 0.801. The highest BCUT2D eigenvalue weighted by Gasteiger charge is 2.39. The number of hydrogen-bond acceptors (Lipinski definition) is 3. The van der Waals surface area contributed by atoms with Crippen molar-refractivity contribution in [2.24, 2.45) is 10.7 Å². The molecule has 0 bridgehead atoms. The summed E-state index contributed by atoms with van der Waals surface area (Å²) in [5.41, 5.74) is 5.82. The lowest BCUT2D eigenvalue weighted by Gasteiger charge is -2.34. The van der Waals surface area contributed by atoms with Crippen LogP contribution in [0.2, 0.25) is 10.0 Å². The zero-order valence-corrected chi connectivity index (χ0v) is 11.0. The van der Waals surface area contributed by atoms with E-state index in [-0.39, 0.29) is 5.02 Å². The Bertz CT molecular complexity index is 504. The van der Waals surface area contributed by atoms with Crippen molar-refractivity contribution >= 4 is 29.2 Å². The molecule has 2 N–H and O–H groups in total. The molecule has 1 aliphatic heterocycles. The van der Waals surface area contributed by atoms with Crippen molar-refractivity contribution in [3.8, 4) is 0 Å². The first-order valence-electron chi connectivity index (χ1n) is 5.05. The molecule has 1 unspecified atom stereocenters. The smallest absolute Gasteiger partial charge is 0.191 e. The van der Waals surface area contributed by atoms with Crippen LogP contribution in [0, 0.1) is 5.82 Å². The molecule has 1 heterocycles. The number of rotatable bonds is 1. The predicted molar refractivity (Wildman–Crippen MR) is 68.0 cm³/mol. The number of benzene rings is 1. The van der Waals surface area contributed by atoms with Crippen molar-refractivity contribution in [2.45, 2.75) is 12.5 Å². The SMILES string of the molecule is CN1C(N)=NCC1(C)c1cc(F)c(Cl)cc1Cl. The van der Waals surface area contributed by atoms with Crippen molar-refractivity contribution < 1.29 is 4.39 Å². The summed E-state index contributed by atoms with van der Waals surface area (Å²) in [7, 11) is 1.80. The molecule has 1 atom stereocenters. The fourth-order valence-corrected chi connectivity index (χ4v) is 2.49. The Morgan fingerprint density at radius 2 is 2.06 bits per heavy atom. The molecule has 0 saturated carbocycles. The Morgan fingerprint density at radius 1 is 1.41 bits per heavy atom. The maximum Gasteiger partial charge on any atom is 0.191 e. The lowest BCUT2D eigenvalue weighted by molar-refractivity contribution is 0.266. The molecule has 0 aromatic heterocycles. The van der Waals surface area contributed by atoms with Gasteiger partial charge in [0.1, 0.15) is 5.82 Å². The summed E-state index contributed by atoms with van der Waals surface area (Å²) < 4.78 is 13.5. The van der Waals surface area contributed by atoms with Gasteiger partial charge in [0.2, 0.25) is 0 Å². The number of hydrogen-bond donors (Lipinski definition) is 1. The summed E-state index contributed by atoms with van der Waals surface area (Å²) >= 11 is 11.8. The van der Waals surface area contributed by atoms with Gasteiger partial charge in [-0.3, -0.25) is 4.99 Å². The van der Waals surface area contributed by atoms with Gasteiger partial charge in [0, 0.05) is 17.6 Å². The molecular weight excluding hydrogens is 264 g/mol. The van der Waals surface area contributed by atoms with Crippen molar-refractivity contribution in [1.82, 2.24) is 4.90 Å². The van der Waals surface area contributed by atoms with Gasteiger partial charge in [-0.25, -0.2) is 4.39 Å². The molecule has 0 saturated heterocycles. The van der Waals surface area contributed by atoms with E-state index in [1.807, 2.05) is 6.92 Å². The van der Waals surface area contributed by atoms with E-state index in [0.717, 1.165) is 0 Å². The Hall–Kier alpha value is -1.00. The van der Waals surface area contributed by atoms with Gasteiger partial charge in [0.05, 0.1) is 17.1 Å². The number of nitrogens with two attached hydrogens (primary N) is 1. The average Bonchev–Trinajstić information content (AvgIpc) is 2.53. The minimum absolute atomic E-state index is 0.0110. The summed E-state index contributed by atoms with van der Waals surface area (Å²) in [6, 6.07) is 2.75. The monoisotopic (exact) mass is 275 g/mol. The molecule has 1 aliphatic rings. The maximum absolute atomic E-state index is 13.5. The predicted octanol–water partition coefficient (Wildman–Crippen LogP) is 2.61. The van der Waals surface area contributed by atoms with E-state index in [9.17, 15) is 4.39 Å². The van der Waals surface area contributed by atoms with Crippen molar-refractivity contribution in [1.29, 1.82) is 0 Å². The van der Waals surface area contributed by atoms with Gasteiger partial charge in [-0.15, -0.1) is 0 Å². The Balaban J connectivity index is 2.52. The van der Waals surface area contributed by atoms with Crippen molar-refractivity contribution in [3.05, 3.63) is 33.6 Å². The van der Waals surface area contributed by atoms with Crippen LogP contribution in [0.1, 0.15) is 12.5 Å². The molecule has 92 valence electrons. The Kier molecular flexibility index (Phi) is 2.96. The van der Waals surface area contributed by atoms with E-state index >= 15 is 0 Å². The molecule has 17 heavy (non-hydrogen) atoms. The van der Waals surface area contributed by atoms with Gasteiger partial charge in [0.25, 0.3) is 0 Å². The Labute approximate surface area is 109 Å². The van der Waals surface area contributed by atoms with Crippen LogP contribution in [0.25, 0.3) is 0 Å².